The van der Waals surface area contributed by atoms with Crippen LogP contribution < -0.4 is 9.47 Å². The highest BCUT2D eigenvalue weighted by Gasteiger charge is 2.35. The molecule has 2 saturated heterocycles. The van der Waals surface area contributed by atoms with Gasteiger partial charge in [0.2, 0.25) is 0 Å². The Morgan fingerprint density at radius 2 is 1.62 bits per heavy atom. The molecule has 2 heterocycles. The summed E-state index contributed by atoms with van der Waals surface area (Å²) >= 11 is 0. The Morgan fingerprint density at radius 3 is 2.37 bits per heavy atom. The molecular weight excluding hydrogens is 658 g/mol. The summed E-state index contributed by atoms with van der Waals surface area (Å²) in [5.74, 6) is 1.13. The average Bonchev–Trinajstić information content (AvgIpc) is 3.49. The molecule has 3 unspecified atom stereocenters. The van der Waals surface area contributed by atoms with Crippen LogP contribution in [0.3, 0.4) is 0 Å². The largest absolute Gasteiger partial charge is 0.494 e. The quantitative estimate of drug-likeness (QED) is 0.120. The standard InChI is InChI=1S/C43H53NO8/c1-42(2,3)52-41(45)44-21-20-39(34-15-17-36(18-16-34)47-23-9-22-46-27-31-10-7-6-8-11-31)40(26-44)49-28-32-12-13-33-14-19-37(25-35(33)24-32)48-29-38-30-50-43(4,5)51-38/h6-8,10-19,24-25,38-40H,9,20-23,26-30H2,1-5H3. The fourth-order valence-corrected chi connectivity index (χ4v) is 6.58. The van der Waals surface area contributed by atoms with E-state index in [1.165, 1.54) is 5.56 Å². The van der Waals surface area contributed by atoms with Gasteiger partial charge in [0.25, 0.3) is 0 Å². The van der Waals surface area contributed by atoms with Crippen molar-refractivity contribution in [2.75, 3.05) is 39.5 Å². The number of rotatable bonds is 14. The molecule has 2 aliphatic rings. The molecule has 2 aliphatic heterocycles. The van der Waals surface area contributed by atoms with Crippen LogP contribution in [0.2, 0.25) is 0 Å². The Bertz CT molecular complexity index is 1740. The molecule has 0 radical (unpaired) electrons. The summed E-state index contributed by atoms with van der Waals surface area (Å²) in [6.45, 7) is 13.7. The van der Waals surface area contributed by atoms with E-state index in [2.05, 4.69) is 54.6 Å². The van der Waals surface area contributed by atoms with E-state index in [9.17, 15) is 4.79 Å². The molecule has 4 aromatic rings. The molecule has 0 N–H and O–H groups in total. The first-order chi connectivity index (χ1) is 25.0. The van der Waals surface area contributed by atoms with E-state index in [1.807, 2.05) is 71.0 Å². The van der Waals surface area contributed by atoms with E-state index >= 15 is 0 Å². The second-order valence-corrected chi connectivity index (χ2v) is 15.1. The van der Waals surface area contributed by atoms with Crippen molar-refractivity contribution in [3.63, 3.8) is 0 Å². The van der Waals surface area contributed by atoms with E-state index in [0.717, 1.165) is 46.2 Å². The smallest absolute Gasteiger partial charge is 0.410 e. The summed E-state index contributed by atoms with van der Waals surface area (Å²) in [5, 5.41) is 2.18. The van der Waals surface area contributed by atoms with Crippen LogP contribution in [0.4, 0.5) is 4.79 Å². The Balaban J connectivity index is 1.06. The van der Waals surface area contributed by atoms with Gasteiger partial charge in [-0.25, -0.2) is 4.79 Å². The highest BCUT2D eigenvalue weighted by Crippen LogP contribution is 2.33. The third kappa shape index (κ3) is 10.9. The van der Waals surface area contributed by atoms with Crippen molar-refractivity contribution in [3.8, 4) is 11.5 Å². The molecule has 0 aliphatic carbocycles. The van der Waals surface area contributed by atoms with Crippen molar-refractivity contribution in [3.05, 3.63) is 108 Å². The van der Waals surface area contributed by atoms with Gasteiger partial charge in [-0.15, -0.1) is 0 Å². The Labute approximate surface area is 308 Å². The van der Waals surface area contributed by atoms with Gasteiger partial charge in [-0.2, -0.15) is 0 Å². The summed E-state index contributed by atoms with van der Waals surface area (Å²) in [4.78, 5) is 14.9. The van der Waals surface area contributed by atoms with Crippen LogP contribution in [0.15, 0.2) is 91.0 Å². The topological polar surface area (TPSA) is 84.9 Å². The molecule has 9 nitrogen and oxygen atoms in total. The van der Waals surface area contributed by atoms with E-state index in [-0.39, 0.29) is 24.2 Å². The molecule has 6 rings (SSSR count). The summed E-state index contributed by atoms with van der Waals surface area (Å²) in [6, 6.07) is 30.9. The van der Waals surface area contributed by atoms with Crippen LogP contribution in [0.1, 0.15) is 70.1 Å². The molecule has 0 spiro atoms. The van der Waals surface area contributed by atoms with Crippen LogP contribution in [0.25, 0.3) is 10.8 Å². The van der Waals surface area contributed by atoms with E-state index in [0.29, 0.717) is 52.7 Å². The first-order valence-electron chi connectivity index (χ1n) is 18.4. The number of carbonyl (C=O) groups is 1. The van der Waals surface area contributed by atoms with Crippen LogP contribution >= 0.6 is 0 Å². The van der Waals surface area contributed by atoms with E-state index < -0.39 is 11.4 Å². The molecule has 0 bridgehead atoms. The number of piperidine rings is 1. The van der Waals surface area contributed by atoms with Crippen molar-refractivity contribution in [1.82, 2.24) is 4.90 Å². The molecule has 0 aromatic heterocycles. The second kappa shape index (κ2) is 17.1. The highest BCUT2D eigenvalue weighted by molar-refractivity contribution is 5.84. The zero-order chi connectivity index (χ0) is 36.6. The minimum atomic E-state index is -0.579. The van der Waals surface area contributed by atoms with Gasteiger partial charge in [0.1, 0.15) is 29.8 Å². The van der Waals surface area contributed by atoms with E-state index in [1.54, 1.807) is 4.90 Å². The molecule has 3 atom stereocenters. The first-order valence-corrected chi connectivity index (χ1v) is 18.4. The number of amides is 1. The molecule has 2 fully saturated rings. The van der Waals surface area contributed by atoms with Crippen molar-refractivity contribution < 1.29 is 38.0 Å². The monoisotopic (exact) mass is 711 g/mol. The maximum Gasteiger partial charge on any atom is 0.410 e. The zero-order valence-electron chi connectivity index (χ0n) is 31.2. The normalized spacial score (nSPS) is 20.2. The highest BCUT2D eigenvalue weighted by atomic mass is 16.7. The van der Waals surface area contributed by atoms with Crippen molar-refractivity contribution in [2.24, 2.45) is 0 Å². The Kier molecular flexibility index (Phi) is 12.4. The molecule has 9 heteroatoms. The number of ether oxygens (including phenoxy) is 7. The third-order valence-electron chi connectivity index (χ3n) is 9.18. The molecule has 52 heavy (non-hydrogen) atoms. The molecular formula is C43H53NO8. The number of fused-ring (bicyclic) bond motifs is 1. The molecule has 1 amide bonds. The summed E-state index contributed by atoms with van der Waals surface area (Å²) in [6.07, 6.45) is 0.924. The minimum Gasteiger partial charge on any atom is -0.494 e. The summed E-state index contributed by atoms with van der Waals surface area (Å²) < 4.78 is 41.8. The lowest BCUT2D eigenvalue weighted by atomic mass is 9.87. The SMILES string of the molecule is CC(C)(C)OC(=O)N1CCC(c2ccc(OCCCOCc3ccccc3)cc2)C(OCc2ccc3ccc(OCC4COC(C)(C)O4)cc3c2)C1. The number of nitrogens with zero attached hydrogens (tertiary/aromatic N) is 1. The number of benzene rings is 4. The van der Waals surface area contributed by atoms with Gasteiger partial charge < -0.3 is 38.1 Å². The van der Waals surface area contributed by atoms with E-state index in [4.69, 9.17) is 33.2 Å². The molecule has 278 valence electrons. The average molecular weight is 712 g/mol. The van der Waals surface area contributed by atoms with Gasteiger partial charge >= 0.3 is 6.09 Å². The van der Waals surface area contributed by atoms with Crippen molar-refractivity contribution in [2.45, 2.75) is 90.2 Å². The van der Waals surface area contributed by atoms with Crippen molar-refractivity contribution >= 4 is 16.9 Å². The lowest BCUT2D eigenvalue weighted by Crippen LogP contribution is -2.48. The molecule has 4 aromatic carbocycles. The number of carbonyl (C=O) groups excluding carboxylic acids is 1. The number of hydrogen-bond donors (Lipinski definition) is 0. The fourth-order valence-electron chi connectivity index (χ4n) is 6.58. The Morgan fingerprint density at radius 1 is 0.846 bits per heavy atom. The van der Waals surface area contributed by atoms with Gasteiger partial charge in [0.15, 0.2) is 5.79 Å². The maximum atomic E-state index is 13.1. The van der Waals surface area contributed by atoms with Crippen molar-refractivity contribution in [1.29, 1.82) is 0 Å². The maximum absolute atomic E-state index is 13.1. The minimum absolute atomic E-state index is 0.103. The number of hydrogen-bond acceptors (Lipinski definition) is 8. The predicted molar refractivity (Wildman–Crippen MR) is 201 cm³/mol. The Hall–Kier alpha value is -4.15. The molecule has 0 saturated carbocycles. The van der Waals surface area contributed by atoms with Crippen LogP contribution in [0.5, 0.6) is 11.5 Å². The lowest BCUT2D eigenvalue weighted by molar-refractivity contribution is -0.141. The van der Waals surface area contributed by atoms with Gasteiger partial charge in [-0.3, -0.25) is 0 Å². The summed E-state index contributed by atoms with van der Waals surface area (Å²) in [5.41, 5.74) is 2.80. The van der Waals surface area contributed by atoms with Crippen LogP contribution in [-0.4, -0.2) is 74.1 Å². The third-order valence-corrected chi connectivity index (χ3v) is 9.18. The van der Waals surface area contributed by atoms with Crippen LogP contribution in [0, 0.1) is 0 Å². The zero-order valence-corrected chi connectivity index (χ0v) is 31.2. The summed E-state index contributed by atoms with van der Waals surface area (Å²) in [7, 11) is 0. The fraction of sp³-hybridized carbons (Fsp3) is 0.465. The lowest BCUT2D eigenvalue weighted by Gasteiger charge is -2.39. The van der Waals surface area contributed by atoms with Gasteiger partial charge in [0, 0.05) is 18.9 Å². The van der Waals surface area contributed by atoms with Crippen LogP contribution in [-0.2, 0) is 36.9 Å². The van der Waals surface area contributed by atoms with Gasteiger partial charge in [-0.05, 0) is 98.8 Å². The first kappa shape index (κ1) is 37.6. The second-order valence-electron chi connectivity index (χ2n) is 15.1. The van der Waals surface area contributed by atoms with Gasteiger partial charge in [0.05, 0.1) is 45.7 Å². The number of likely N-dealkylation sites (tertiary alicyclic amines) is 1. The van der Waals surface area contributed by atoms with Gasteiger partial charge in [-0.1, -0.05) is 60.7 Å². The predicted octanol–water partition coefficient (Wildman–Crippen LogP) is 8.67.